The zero-order valence-electron chi connectivity index (χ0n) is 10.6. The van der Waals surface area contributed by atoms with Crippen molar-refractivity contribution in [3.63, 3.8) is 0 Å². The summed E-state index contributed by atoms with van der Waals surface area (Å²) < 4.78 is 25.3. The summed E-state index contributed by atoms with van der Waals surface area (Å²) in [6.45, 7) is 5.85. The zero-order valence-corrected chi connectivity index (χ0v) is 12.2. The summed E-state index contributed by atoms with van der Waals surface area (Å²) in [4.78, 5) is 1.98. The van der Waals surface area contributed by atoms with Crippen LogP contribution in [0.5, 0.6) is 0 Å². The second kappa shape index (κ2) is 7.48. The fourth-order valence-electron chi connectivity index (χ4n) is 1.29. The molecule has 0 amide bonds. The van der Waals surface area contributed by atoms with Gasteiger partial charge in [-0.15, -0.1) is 11.6 Å². The summed E-state index contributed by atoms with van der Waals surface area (Å²) in [7, 11) is 0.676. The Morgan fingerprint density at radius 1 is 1.19 bits per heavy atom. The Bertz CT molecular complexity index is 279. The van der Waals surface area contributed by atoms with E-state index in [0.29, 0.717) is 19.0 Å². The van der Waals surface area contributed by atoms with Crippen LogP contribution in [0, 0.1) is 5.92 Å². The minimum absolute atomic E-state index is 0.0225. The first kappa shape index (κ1) is 16.2. The van der Waals surface area contributed by atoms with Gasteiger partial charge in [-0.3, -0.25) is 0 Å². The van der Waals surface area contributed by atoms with Gasteiger partial charge >= 0.3 is 0 Å². The summed E-state index contributed by atoms with van der Waals surface area (Å²) in [6, 6.07) is 0. The fraction of sp³-hybridized carbons (Fsp3) is 1.00. The van der Waals surface area contributed by atoms with Crippen LogP contribution in [0.1, 0.15) is 13.8 Å². The SMILES string of the molecule is CC(C)CN(CCN(C)C)S(=O)(=O)CCCl. The molecule has 0 saturated heterocycles. The van der Waals surface area contributed by atoms with Crippen molar-refractivity contribution >= 4 is 21.6 Å². The van der Waals surface area contributed by atoms with Gasteiger partial charge in [-0.2, -0.15) is 0 Å². The van der Waals surface area contributed by atoms with E-state index in [1.807, 2.05) is 32.8 Å². The molecule has 0 aliphatic carbocycles. The number of nitrogens with zero attached hydrogens (tertiary/aromatic N) is 2. The molecule has 0 heterocycles. The summed E-state index contributed by atoms with van der Waals surface area (Å²) in [5, 5.41) is 0. The maximum atomic E-state index is 11.9. The van der Waals surface area contributed by atoms with E-state index in [2.05, 4.69) is 0 Å². The molecule has 0 unspecified atom stereocenters. The first-order valence-corrected chi connectivity index (χ1v) is 7.62. The van der Waals surface area contributed by atoms with Crippen LogP contribution in [0.15, 0.2) is 0 Å². The maximum absolute atomic E-state index is 11.9. The van der Waals surface area contributed by atoms with E-state index >= 15 is 0 Å². The molecule has 4 nitrogen and oxygen atoms in total. The Labute approximate surface area is 105 Å². The van der Waals surface area contributed by atoms with Crippen molar-refractivity contribution < 1.29 is 8.42 Å². The van der Waals surface area contributed by atoms with Crippen molar-refractivity contribution in [2.24, 2.45) is 5.92 Å². The molecule has 0 aromatic heterocycles. The average molecular weight is 271 g/mol. The number of hydrogen-bond acceptors (Lipinski definition) is 3. The first-order valence-electron chi connectivity index (χ1n) is 5.48. The molecule has 0 aliphatic rings. The number of hydrogen-bond donors (Lipinski definition) is 0. The molecule has 98 valence electrons. The van der Waals surface area contributed by atoms with E-state index in [1.54, 1.807) is 4.31 Å². The van der Waals surface area contributed by atoms with Gasteiger partial charge in [-0.25, -0.2) is 12.7 Å². The monoisotopic (exact) mass is 270 g/mol. The van der Waals surface area contributed by atoms with Crippen molar-refractivity contribution in [2.75, 3.05) is 45.4 Å². The topological polar surface area (TPSA) is 40.6 Å². The molecule has 0 aromatic rings. The van der Waals surface area contributed by atoms with Crippen LogP contribution in [-0.2, 0) is 10.0 Å². The van der Waals surface area contributed by atoms with Gasteiger partial charge in [0.15, 0.2) is 0 Å². The Morgan fingerprint density at radius 2 is 1.75 bits per heavy atom. The van der Waals surface area contributed by atoms with Gasteiger partial charge in [-0.05, 0) is 20.0 Å². The molecule has 0 radical (unpaired) electrons. The van der Waals surface area contributed by atoms with Crippen LogP contribution in [0.3, 0.4) is 0 Å². The smallest absolute Gasteiger partial charge is 0.215 e. The predicted octanol–water partition coefficient (Wildman–Crippen LogP) is 1.07. The summed E-state index contributed by atoms with van der Waals surface area (Å²) in [5.74, 6) is 0.500. The van der Waals surface area contributed by atoms with Gasteiger partial charge < -0.3 is 4.90 Å². The van der Waals surface area contributed by atoms with E-state index in [9.17, 15) is 8.42 Å². The summed E-state index contributed by atoms with van der Waals surface area (Å²) in [6.07, 6.45) is 0. The third-order valence-electron chi connectivity index (χ3n) is 2.09. The molecule has 0 rings (SSSR count). The lowest BCUT2D eigenvalue weighted by Gasteiger charge is -2.25. The molecule has 0 aliphatic heterocycles. The third-order valence-corrected chi connectivity index (χ3v) is 4.35. The molecule has 0 saturated carbocycles. The molecule has 0 fully saturated rings. The first-order chi connectivity index (χ1) is 7.29. The molecule has 16 heavy (non-hydrogen) atoms. The number of halogens is 1. The molecule has 0 N–H and O–H groups in total. The number of alkyl halides is 1. The second-order valence-electron chi connectivity index (χ2n) is 4.56. The van der Waals surface area contributed by atoms with Gasteiger partial charge in [-0.1, -0.05) is 13.8 Å². The lowest BCUT2D eigenvalue weighted by Crippen LogP contribution is -2.40. The highest BCUT2D eigenvalue weighted by molar-refractivity contribution is 7.89. The zero-order chi connectivity index (χ0) is 12.8. The highest BCUT2D eigenvalue weighted by Crippen LogP contribution is 2.07. The van der Waals surface area contributed by atoms with Gasteiger partial charge in [0.2, 0.25) is 10.0 Å². The molecular weight excluding hydrogens is 248 g/mol. The normalized spacial score (nSPS) is 13.0. The Kier molecular flexibility index (Phi) is 7.55. The van der Waals surface area contributed by atoms with Crippen molar-refractivity contribution in [1.29, 1.82) is 0 Å². The number of sulfonamides is 1. The van der Waals surface area contributed by atoms with Crippen LogP contribution in [0.2, 0.25) is 0 Å². The van der Waals surface area contributed by atoms with Crippen molar-refractivity contribution in [1.82, 2.24) is 9.21 Å². The van der Waals surface area contributed by atoms with E-state index in [-0.39, 0.29) is 11.6 Å². The van der Waals surface area contributed by atoms with E-state index in [1.165, 1.54) is 0 Å². The highest BCUT2D eigenvalue weighted by Gasteiger charge is 2.21. The summed E-state index contributed by atoms with van der Waals surface area (Å²) >= 11 is 5.51. The van der Waals surface area contributed by atoms with Crippen LogP contribution < -0.4 is 0 Å². The predicted molar refractivity (Wildman–Crippen MR) is 69.5 cm³/mol. The minimum atomic E-state index is -3.19. The quantitative estimate of drug-likeness (QED) is 0.620. The Morgan fingerprint density at radius 3 is 2.12 bits per heavy atom. The average Bonchev–Trinajstić information content (AvgIpc) is 2.11. The highest BCUT2D eigenvalue weighted by atomic mass is 35.5. The van der Waals surface area contributed by atoms with Crippen molar-refractivity contribution in [3.8, 4) is 0 Å². The third kappa shape index (κ3) is 6.68. The molecule has 6 heteroatoms. The molecular formula is C10H23ClN2O2S. The van der Waals surface area contributed by atoms with Crippen LogP contribution in [0.25, 0.3) is 0 Å². The van der Waals surface area contributed by atoms with Gasteiger partial charge in [0.05, 0.1) is 5.75 Å². The van der Waals surface area contributed by atoms with Gasteiger partial charge in [0, 0.05) is 25.5 Å². The number of likely N-dealkylation sites (N-methyl/N-ethyl adjacent to an activating group) is 1. The van der Waals surface area contributed by atoms with Crippen molar-refractivity contribution in [3.05, 3.63) is 0 Å². The Balaban J connectivity index is 4.53. The fourth-order valence-corrected chi connectivity index (χ4v) is 3.21. The number of rotatable bonds is 8. The Hall–Kier alpha value is 0.160. The van der Waals surface area contributed by atoms with E-state index in [4.69, 9.17) is 11.6 Å². The van der Waals surface area contributed by atoms with Gasteiger partial charge in [0.1, 0.15) is 0 Å². The van der Waals surface area contributed by atoms with Crippen LogP contribution in [-0.4, -0.2) is 63.0 Å². The van der Waals surface area contributed by atoms with E-state index in [0.717, 1.165) is 6.54 Å². The van der Waals surface area contributed by atoms with Gasteiger partial charge in [0.25, 0.3) is 0 Å². The lowest BCUT2D eigenvalue weighted by molar-refractivity contribution is 0.313. The molecule has 0 bridgehead atoms. The minimum Gasteiger partial charge on any atom is -0.308 e. The lowest BCUT2D eigenvalue weighted by atomic mass is 10.2. The van der Waals surface area contributed by atoms with Crippen LogP contribution in [0.4, 0.5) is 0 Å². The summed E-state index contributed by atoms with van der Waals surface area (Å²) in [5.41, 5.74) is 0. The molecule has 0 spiro atoms. The standard InChI is InChI=1S/C10H23ClN2O2S/c1-10(2)9-13(7-6-12(3)4)16(14,15)8-5-11/h10H,5-9H2,1-4H3. The molecule has 0 aromatic carbocycles. The van der Waals surface area contributed by atoms with Crippen LogP contribution >= 0.6 is 11.6 Å². The van der Waals surface area contributed by atoms with Crippen molar-refractivity contribution in [2.45, 2.75) is 13.8 Å². The second-order valence-corrected chi connectivity index (χ2v) is 7.03. The molecule has 0 atom stereocenters. The maximum Gasteiger partial charge on any atom is 0.215 e. The van der Waals surface area contributed by atoms with E-state index < -0.39 is 10.0 Å². The largest absolute Gasteiger partial charge is 0.308 e.